The van der Waals surface area contributed by atoms with E-state index in [1.54, 1.807) is 16.0 Å². The number of rotatable bonds is 1. The van der Waals surface area contributed by atoms with Crippen LogP contribution >= 0.6 is 0 Å². The van der Waals surface area contributed by atoms with E-state index < -0.39 is 6.03 Å². The molecule has 1 aromatic rings. The van der Waals surface area contributed by atoms with Gasteiger partial charge in [-0.05, 0) is 12.8 Å². The summed E-state index contributed by atoms with van der Waals surface area (Å²) in [6, 6.07) is -0.401. The van der Waals surface area contributed by atoms with Crippen LogP contribution in [0.4, 0.5) is 4.79 Å². The maximum absolute atomic E-state index is 12.2. The van der Waals surface area contributed by atoms with Gasteiger partial charge in [0.1, 0.15) is 5.69 Å². The summed E-state index contributed by atoms with van der Waals surface area (Å²) in [7, 11) is 0. The second-order valence-corrected chi connectivity index (χ2v) is 5.32. The van der Waals surface area contributed by atoms with E-state index in [9.17, 15) is 9.59 Å². The lowest BCUT2D eigenvalue weighted by Gasteiger charge is -2.43. The molecule has 2 fully saturated rings. The molecule has 1 aromatic heterocycles. The van der Waals surface area contributed by atoms with Gasteiger partial charge in [0, 0.05) is 25.8 Å². The third-order valence-electron chi connectivity index (χ3n) is 4.26. The number of carbonyl (C=O) groups excluding carboxylic acids is 2. The number of H-pyrrole nitrogens is 1. The van der Waals surface area contributed by atoms with Gasteiger partial charge >= 0.3 is 6.03 Å². The molecule has 8 nitrogen and oxygen atoms in total. The van der Waals surface area contributed by atoms with Crippen molar-refractivity contribution in [3.05, 3.63) is 18.2 Å². The average molecular weight is 278 g/mol. The number of nitrogens with one attached hydrogen (secondary N) is 2. The van der Waals surface area contributed by atoms with Gasteiger partial charge in [0.15, 0.2) is 0 Å². The molecule has 0 radical (unpaired) electrons. The summed E-state index contributed by atoms with van der Waals surface area (Å²) in [6.07, 6.45) is 4.56. The first-order valence-electron chi connectivity index (χ1n) is 6.68. The van der Waals surface area contributed by atoms with Gasteiger partial charge in [-0.15, -0.1) is 0 Å². The number of amides is 3. The van der Waals surface area contributed by atoms with Crippen LogP contribution in [-0.4, -0.2) is 63.5 Å². The second kappa shape index (κ2) is 4.78. The molecule has 1 spiro atoms. The predicted octanol–water partition coefficient (Wildman–Crippen LogP) is -0.674. The molecule has 0 saturated carbocycles. The number of nitrogens with zero attached hydrogens (tertiary/aromatic N) is 3. The Kier molecular flexibility index (Phi) is 3.09. The standard InChI is InChI=1S/C12H18N6O2/c13-11(20)18-8-15-6-12(18)1-3-17(4-2-12)10(19)9-5-14-7-16-9/h5,7,15H,1-4,6,8H2,(H2,13,20)(H,14,16). The Morgan fingerprint density at radius 3 is 2.70 bits per heavy atom. The number of likely N-dealkylation sites (tertiary alicyclic amines) is 1. The van der Waals surface area contributed by atoms with E-state index in [0.29, 0.717) is 25.5 Å². The molecule has 8 heteroatoms. The Hall–Kier alpha value is -2.09. The topological polar surface area (TPSA) is 107 Å². The number of hydrogen-bond acceptors (Lipinski definition) is 4. The molecular formula is C12H18N6O2. The molecule has 0 atom stereocenters. The van der Waals surface area contributed by atoms with Gasteiger partial charge in [0.05, 0.1) is 18.5 Å². The van der Waals surface area contributed by atoms with Crippen molar-refractivity contribution in [2.75, 3.05) is 26.3 Å². The van der Waals surface area contributed by atoms with E-state index in [1.165, 1.54) is 6.33 Å². The molecule has 0 unspecified atom stereocenters. The zero-order valence-corrected chi connectivity index (χ0v) is 11.1. The van der Waals surface area contributed by atoms with E-state index in [4.69, 9.17) is 5.73 Å². The van der Waals surface area contributed by atoms with Crippen LogP contribution in [0.3, 0.4) is 0 Å². The molecule has 2 aliphatic heterocycles. The largest absolute Gasteiger partial charge is 0.351 e. The summed E-state index contributed by atoms with van der Waals surface area (Å²) in [5.41, 5.74) is 5.61. The highest BCUT2D eigenvalue weighted by molar-refractivity contribution is 5.92. The zero-order chi connectivity index (χ0) is 14.2. The minimum absolute atomic E-state index is 0.0716. The number of nitrogens with two attached hydrogens (primary N) is 1. The van der Waals surface area contributed by atoms with Crippen molar-refractivity contribution in [1.82, 2.24) is 25.1 Å². The van der Waals surface area contributed by atoms with Crippen molar-refractivity contribution >= 4 is 11.9 Å². The van der Waals surface area contributed by atoms with E-state index in [-0.39, 0.29) is 11.4 Å². The van der Waals surface area contributed by atoms with Crippen molar-refractivity contribution in [3.63, 3.8) is 0 Å². The molecule has 3 heterocycles. The van der Waals surface area contributed by atoms with Gasteiger partial charge in [-0.3, -0.25) is 10.1 Å². The summed E-state index contributed by atoms with van der Waals surface area (Å²) in [5, 5.41) is 3.19. The summed E-state index contributed by atoms with van der Waals surface area (Å²) in [5.74, 6) is -0.0716. The van der Waals surface area contributed by atoms with Gasteiger partial charge < -0.3 is 20.5 Å². The van der Waals surface area contributed by atoms with Gasteiger partial charge in [-0.2, -0.15) is 0 Å². The van der Waals surface area contributed by atoms with E-state index in [1.807, 2.05) is 0 Å². The Balaban J connectivity index is 1.68. The summed E-state index contributed by atoms with van der Waals surface area (Å²) >= 11 is 0. The van der Waals surface area contributed by atoms with Crippen LogP contribution in [-0.2, 0) is 0 Å². The maximum atomic E-state index is 12.2. The van der Waals surface area contributed by atoms with Crippen LogP contribution in [0.1, 0.15) is 23.3 Å². The molecule has 2 saturated heterocycles. The van der Waals surface area contributed by atoms with Crippen LogP contribution in [0.25, 0.3) is 0 Å². The monoisotopic (exact) mass is 278 g/mol. The normalized spacial score (nSPS) is 21.4. The van der Waals surface area contributed by atoms with Crippen molar-refractivity contribution in [3.8, 4) is 0 Å². The zero-order valence-electron chi connectivity index (χ0n) is 11.1. The van der Waals surface area contributed by atoms with E-state index in [2.05, 4.69) is 15.3 Å². The number of hydrogen-bond donors (Lipinski definition) is 3. The summed E-state index contributed by atoms with van der Waals surface area (Å²) < 4.78 is 0. The fourth-order valence-electron chi connectivity index (χ4n) is 3.09. The van der Waals surface area contributed by atoms with E-state index >= 15 is 0 Å². The highest BCUT2D eigenvalue weighted by Gasteiger charge is 2.45. The number of aromatic nitrogens is 2. The predicted molar refractivity (Wildman–Crippen MR) is 70.7 cm³/mol. The maximum Gasteiger partial charge on any atom is 0.316 e. The van der Waals surface area contributed by atoms with Gasteiger partial charge in [-0.25, -0.2) is 9.78 Å². The highest BCUT2D eigenvalue weighted by atomic mass is 16.2. The van der Waals surface area contributed by atoms with Crippen LogP contribution in [0.5, 0.6) is 0 Å². The number of imidazole rings is 1. The smallest absolute Gasteiger partial charge is 0.316 e. The van der Waals surface area contributed by atoms with Crippen molar-refractivity contribution in [2.24, 2.45) is 5.73 Å². The number of primary amides is 1. The number of urea groups is 1. The Morgan fingerprint density at radius 2 is 2.10 bits per heavy atom. The minimum atomic E-state index is -0.401. The molecule has 4 N–H and O–H groups in total. The number of aromatic amines is 1. The van der Waals surface area contributed by atoms with Crippen LogP contribution in [0.2, 0.25) is 0 Å². The quantitative estimate of drug-likeness (QED) is 0.633. The van der Waals surface area contributed by atoms with Crippen LogP contribution < -0.4 is 11.1 Å². The molecule has 3 rings (SSSR count). The fraction of sp³-hybridized carbons (Fsp3) is 0.583. The lowest BCUT2D eigenvalue weighted by atomic mass is 9.87. The van der Waals surface area contributed by atoms with Gasteiger partial charge in [0.25, 0.3) is 5.91 Å². The first kappa shape index (κ1) is 12.9. The summed E-state index contributed by atoms with van der Waals surface area (Å²) in [4.78, 5) is 33.9. The first-order chi connectivity index (χ1) is 9.62. The third kappa shape index (κ3) is 2.01. The highest BCUT2D eigenvalue weighted by Crippen LogP contribution is 2.31. The molecule has 3 amide bonds. The Morgan fingerprint density at radius 1 is 1.35 bits per heavy atom. The SMILES string of the molecule is NC(=O)N1CNCC12CCN(C(=O)c1c[nH]cn1)CC2. The van der Waals surface area contributed by atoms with Crippen molar-refractivity contribution in [1.29, 1.82) is 0 Å². The molecule has 2 aliphatic rings. The van der Waals surface area contributed by atoms with Crippen molar-refractivity contribution < 1.29 is 9.59 Å². The average Bonchev–Trinajstić information content (AvgIpc) is 3.08. The summed E-state index contributed by atoms with van der Waals surface area (Å²) in [6.45, 7) is 2.44. The third-order valence-corrected chi connectivity index (χ3v) is 4.26. The Labute approximate surface area is 116 Å². The lowest BCUT2D eigenvalue weighted by Crippen LogP contribution is -2.57. The molecule has 20 heavy (non-hydrogen) atoms. The Bertz CT molecular complexity index is 506. The second-order valence-electron chi connectivity index (χ2n) is 5.32. The molecule has 0 bridgehead atoms. The minimum Gasteiger partial charge on any atom is -0.351 e. The van der Waals surface area contributed by atoms with Crippen molar-refractivity contribution in [2.45, 2.75) is 18.4 Å². The molecule has 0 aromatic carbocycles. The number of carbonyl (C=O) groups is 2. The molecule has 0 aliphatic carbocycles. The van der Waals surface area contributed by atoms with E-state index in [0.717, 1.165) is 19.4 Å². The van der Waals surface area contributed by atoms with Gasteiger partial charge in [0.2, 0.25) is 0 Å². The van der Waals surface area contributed by atoms with Gasteiger partial charge in [-0.1, -0.05) is 0 Å². The van der Waals surface area contributed by atoms with Crippen LogP contribution in [0.15, 0.2) is 12.5 Å². The van der Waals surface area contributed by atoms with Crippen LogP contribution in [0, 0.1) is 0 Å². The lowest BCUT2D eigenvalue weighted by molar-refractivity contribution is 0.0546. The molecule has 108 valence electrons. The fourth-order valence-corrected chi connectivity index (χ4v) is 3.09. The molecular weight excluding hydrogens is 260 g/mol. The number of piperidine rings is 1. The first-order valence-corrected chi connectivity index (χ1v) is 6.68.